The van der Waals surface area contributed by atoms with Crippen LogP contribution >= 0.6 is 0 Å². The molecule has 0 amide bonds. The first-order valence-electron chi connectivity index (χ1n) is 6.67. The molecular weight excluding hydrogens is 194 g/mol. The number of hydrogen-bond donors (Lipinski definition) is 0. The van der Waals surface area contributed by atoms with E-state index in [-0.39, 0.29) is 0 Å². The van der Waals surface area contributed by atoms with Crippen LogP contribution in [0.5, 0.6) is 0 Å². The number of rotatable bonds is 1. The number of hydrogen-bond acceptors (Lipinski definition) is 1. The Kier molecular flexibility index (Phi) is 1.78. The van der Waals surface area contributed by atoms with Crippen molar-refractivity contribution in [2.45, 2.75) is 43.9 Å². The Bertz CT molecular complexity index is 360. The third-order valence-electron chi connectivity index (χ3n) is 5.27. The number of nitrogens with zero attached hydrogens (tertiary/aromatic N) is 1. The maximum atomic E-state index is 4.05. The largest absolute Gasteiger partial charge is 0.255 e. The van der Waals surface area contributed by atoms with E-state index < -0.39 is 0 Å². The Morgan fingerprint density at radius 3 is 2.19 bits per heavy atom. The molecule has 1 heterocycles. The summed E-state index contributed by atoms with van der Waals surface area (Å²) in [5, 5.41) is 0. The van der Waals surface area contributed by atoms with Crippen LogP contribution in [-0.2, 0) is 5.41 Å². The van der Waals surface area contributed by atoms with Crippen molar-refractivity contribution in [3.05, 3.63) is 30.1 Å². The number of aromatic nitrogens is 1. The van der Waals surface area contributed by atoms with Gasteiger partial charge in [0, 0.05) is 6.20 Å². The summed E-state index contributed by atoms with van der Waals surface area (Å²) in [6.07, 6.45) is 13.9. The van der Waals surface area contributed by atoms with Gasteiger partial charge in [0.25, 0.3) is 0 Å². The molecule has 0 unspecified atom stereocenters. The molecule has 4 saturated carbocycles. The first kappa shape index (κ1) is 9.21. The first-order valence-corrected chi connectivity index (χ1v) is 6.67. The van der Waals surface area contributed by atoms with E-state index in [9.17, 15) is 0 Å². The molecule has 1 radical (unpaired) electrons. The zero-order chi connectivity index (χ0) is 10.6. The molecule has 16 heavy (non-hydrogen) atoms. The van der Waals surface area contributed by atoms with Crippen molar-refractivity contribution < 1.29 is 0 Å². The van der Waals surface area contributed by atoms with E-state index in [1.165, 1.54) is 44.1 Å². The lowest BCUT2D eigenvalue weighted by atomic mass is 9.48. The van der Waals surface area contributed by atoms with Gasteiger partial charge in [-0.3, -0.25) is 4.98 Å². The quantitative estimate of drug-likeness (QED) is 0.695. The van der Waals surface area contributed by atoms with Crippen LogP contribution in [0.25, 0.3) is 0 Å². The van der Waals surface area contributed by atoms with Gasteiger partial charge in [-0.05, 0) is 79.4 Å². The molecule has 4 aliphatic rings. The van der Waals surface area contributed by atoms with E-state index in [2.05, 4.69) is 23.3 Å². The van der Waals surface area contributed by atoms with Crippen LogP contribution in [0.3, 0.4) is 0 Å². The Balaban J connectivity index is 1.77. The molecular formula is C15H18N. The molecule has 83 valence electrons. The highest BCUT2D eigenvalue weighted by Crippen LogP contribution is 2.60. The summed E-state index contributed by atoms with van der Waals surface area (Å²) in [6, 6.07) is 4.39. The average molecular weight is 212 g/mol. The van der Waals surface area contributed by atoms with Gasteiger partial charge in [-0.25, -0.2) is 0 Å². The minimum atomic E-state index is 0.522. The Labute approximate surface area is 97.3 Å². The molecule has 1 aromatic heterocycles. The van der Waals surface area contributed by atoms with Crippen molar-refractivity contribution in [1.29, 1.82) is 0 Å². The summed E-state index contributed by atoms with van der Waals surface area (Å²) in [4.78, 5) is 4.05. The van der Waals surface area contributed by atoms with Crippen LogP contribution in [0.15, 0.2) is 18.3 Å². The van der Waals surface area contributed by atoms with Crippen LogP contribution in [0.4, 0.5) is 0 Å². The van der Waals surface area contributed by atoms with E-state index in [0.717, 1.165) is 17.8 Å². The van der Waals surface area contributed by atoms with Crippen LogP contribution in [-0.4, -0.2) is 4.98 Å². The second-order valence-electron chi connectivity index (χ2n) is 6.37. The van der Waals surface area contributed by atoms with E-state index in [1.54, 1.807) is 0 Å². The average Bonchev–Trinajstić information content (AvgIpc) is 2.28. The topological polar surface area (TPSA) is 12.9 Å². The lowest BCUT2D eigenvalue weighted by Crippen LogP contribution is -2.48. The van der Waals surface area contributed by atoms with Crippen molar-refractivity contribution >= 4 is 0 Å². The van der Waals surface area contributed by atoms with Crippen molar-refractivity contribution in [3.63, 3.8) is 0 Å². The van der Waals surface area contributed by atoms with Gasteiger partial charge in [-0.2, -0.15) is 0 Å². The highest BCUT2D eigenvalue weighted by molar-refractivity contribution is 5.26. The fourth-order valence-corrected chi connectivity index (χ4v) is 5.11. The predicted octanol–water partition coefficient (Wildman–Crippen LogP) is 3.35. The number of pyridine rings is 1. The maximum absolute atomic E-state index is 4.05. The van der Waals surface area contributed by atoms with Crippen LogP contribution in [0.2, 0.25) is 0 Å². The van der Waals surface area contributed by atoms with Gasteiger partial charge in [0.15, 0.2) is 0 Å². The minimum Gasteiger partial charge on any atom is -0.255 e. The van der Waals surface area contributed by atoms with Gasteiger partial charge in [-0.15, -0.1) is 0 Å². The van der Waals surface area contributed by atoms with Crippen molar-refractivity contribution in [2.75, 3.05) is 0 Å². The second kappa shape index (κ2) is 3.09. The molecule has 0 spiro atoms. The van der Waals surface area contributed by atoms with Crippen LogP contribution < -0.4 is 0 Å². The zero-order valence-corrected chi connectivity index (χ0v) is 9.65. The monoisotopic (exact) mass is 212 g/mol. The summed E-state index contributed by atoms with van der Waals surface area (Å²) < 4.78 is 0. The molecule has 0 aliphatic heterocycles. The summed E-state index contributed by atoms with van der Waals surface area (Å²) in [7, 11) is 0. The van der Waals surface area contributed by atoms with Gasteiger partial charge < -0.3 is 0 Å². The smallest absolute Gasteiger partial charge is 0.0889 e. The highest BCUT2D eigenvalue weighted by Gasteiger charge is 2.51. The molecule has 4 bridgehead atoms. The summed E-state index contributed by atoms with van der Waals surface area (Å²) in [5.74, 6) is 3.08. The summed E-state index contributed by atoms with van der Waals surface area (Å²) in [6.45, 7) is 0. The van der Waals surface area contributed by atoms with Gasteiger partial charge in [-0.1, -0.05) is 0 Å². The maximum Gasteiger partial charge on any atom is 0.0889 e. The van der Waals surface area contributed by atoms with E-state index >= 15 is 0 Å². The molecule has 0 N–H and O–H groups in total. The highest BCUT2D eigenvalue weighted by atomic mass is 14.6. The molecule has 4 fully saturated rings. The van der Waals surface area contributed by atoms with E-state index in [4.69, 9.17) is 0 Å². The third-order valence-corrected chi connectivity index (χ3v) is 5.27. The molecule has 4 aliphatic carbocycles. The third kappa shape index (κ3) is 1.20. The molecule has 1 aromatic rings. The van der Waals surface area contributed by atoms with E-state index in [1.807, 2.05) is 6.20 Å². The van der Waals surface area contributed by atoms with Crippen LogP contribution in [0, 0.1) is 24.0 Å². The normalized spacial score (nSPS) is 44.9. The zero-order valence-electron chi connectivity index (χ0n) is 9.65. The minimum absolute atomic E-state index is 0.522. The van der Waals surface area contributed by atoms with E-state index in [0.29, 0.717) is 5.41 Å². The molecule has 0 aromatic carbocycles. The van der Waals surface area contributed by atoms with Crippen LogP contribution in [0.1, 0.15) is 44.1 Å². The second-order valence-corrected chi connectivity index (χ2v) is 6.37. The van der Waals surface area contributed by atoms with Gasteiger partial charge >= 0.3 is 0 Å². The standard InChI is InChI=1S/C15H18N/c1-3-16-4-2-14(1)15-8-11-5-12(9-15)7-13(6-11)10-15/h1-3,11-13H,5-10H2. The molecule has 5 rings (SSSR count). The molecule has 1 heteroatoms. The summed E-state index contributed by atoms with van der Waals surface area (Å²) in [5.41, 5.74) is 2.05. The Hall–Kier alpha value is -0.850. The Morgan fingerprint density at radius 1 is 1.06 bits per heavy atom. The molecule has 1 nitrogen and oxygen atoms in total. The SMILES string of the molecule is [c]1cc(C23CC4CC(CC(C4)C2)C3)ccn1. The Morgan fingerprint density at radius 2 is 1.69 bits per heavy atom. The van der Waals surface area contributed by atoms with Gasteiger partial charge in [0.05, 0.1) is 6.20 Å². The lowest BCUT2D eigenvalue weighted by Gasteiger charge is -2.57. The predicted molar refractivity (Wildman–Crippen MR) is 62.9 cm³/mol. The van der Waals surface area contributed by atoms with Gasteiger partial charge in [0.2, 0.25) is 0 Å². The van der Waals surface area contributed by atoms with Crippen molar-refractivity contribution in [2.24, 2.45) is 17.8 Å². The van der Waals surface area contributed by atoms with Crippen molar-refractivity contribution in [1.82, 2.24) is 4.98 Å². The van der Waals surface area contributed by atoms with Crippen molar-refractivity contribution in [3.8, 4) is 0 Å². The molecule has 0 saturated heterocycles. The lowest BCUT2D eigenvalue weighted by molar-refractivity contribution is -0.00523. The fraction of sp³-hybridized carbons (Fsp3) is 0.667. The fourth-order valence-electron chi connectivity index (χ4n) is 5.11. The summed E-state index contributed by atoms with van der Waals surface area (Å²) >= 11 is 0. The molecule has 0 atom stereocenters. The first-order chi connectivity index (χ1) is 7.84. The van der Waals surface area contributed by atoms with Gasteiger partial charge in [0.1, 0.15) is 0 Å².